The molecule has 1 saturated carbocycles. The van der Waals surface area contributed by atoms with E-state index in [-0.39, 0.29) is 0 Å². The highest BCUT2D eigenvalue weighted by molar-refractivity contribution is 7.10. The first kappa shape index (κ1) is 13.6. The summed E-state index contributed by atoms with van der Waals surface area (Å²) in [4.78, 5) is 4.81. The number of benzene rings is 1. The van der Waals surface area contributed by atoms with E-state index >= 15 is 0 Å². The van der Waals surface area contributed by atoms with Crippen molar-refractivity contribution in [3.05, 3.63) is 34.7 Å². The largest absolute Gasteiger partial charge is 0.492 e. The third kappa shape index (κ3) is 3.02. The van der Waals surface area contributed by atoms with Crippen molar-refractivity contribution in [3.8, 4) is 17.0 Å². The van der Waals surface area contributed by atoms with Crippen LogP contribution >= 0.6 is 11.3 Å². The molecule has 1 fully saturated rings. The van der Waals surface area contributed by atoms with Crippen LogP contribution < -0.4 is 10.5 Å². The molecule has 1 aromatic carbocycles. The van der Waals surface area contributed by atoms with Crippen molar-refractivity contribution in [3.63, 3.8) is 0 Å². The topological polar surface area (TPSA) is 48.1 Å². The molecule has 1 aromatic heterocycles. The number of nitrogens with zero attached hydrogens (tertiary/aromatic N) is 1. The van der Waals surface area contributed by atoms with Gasteiger partial charge in [0.2, 0.25) is 0 Å². The molecule has 0 spiro atoms. The molecule has 1 heterocycles. The zero-order valence-corrected chi connectivity index (χ0v) is 12.4. The summed E-state index contributed by atoms with van der Waals surface area (Å²) in [5.74, 6) is 1.56. The molecule has 20 heavy (non-hydrogen) atoms. The molecule has 1 aliphatic rings. The number of ether oxygens (including phenoxy) is 1. The van der Waals surface area contributed by atoms with Gasteiger partial charge in [0.1, 0.15) is 12.4 Å². The molecule has 0 atom stereocenters. The van der Waals surface area contributed by atoms with Gasteiger partial charge in [-0.05, 0) is 37.1 Å². The van der Waals surface area contributed by atoms with Gasteiger partial charge in [-0.2, -0.15) is 0 Å². The van der Waals surface area contributed by atoms with Gasteiger partial charge in [-0.3, -0.25) is 0 Å². The first-order chi connectivity index (χ1) is 9.86. The quantitative estimate of drug-likeness (QED) is 0.910. The minimum Gasteiger partial charge on any atom is -0.492 e. The number of hydrogen-bond acceptors (Lipinski definition) is 4. The Kier molecular flexibility index (Phi) is 4.33. The van der Waals surface area contributed by atoms with Crippen LogP contribution in [0, 0.1) is 0 Å². The maximum atomic E-state index is 5.49. The highest BCUT2D eigenvalue weighted by Crippen LogP contribution is 2.37. The second-order valence-electron chi connectivity index (χ2n) is 5.21. The highest BCUT2D eigenvalue weighted by Gasteiger charge is 2.20. The summed E-state index contributed by atoms with van der Waals surface area (Å²) < 4.78 is 5.49. The third-order valence-electron chi connectivity index (χ3n) is 3.76. The van der Waals surface area contributed by atoms with E-state index in [2.05, 4.69) is 17.5 Å². The van der Waals surface area contributed by atoms with Crippen molar-refractivity contribution in [1.82, 2.24) is 4.98 Å². The molecule has 2 aromatic rings. The van der Waals surface area contributed by atoms with E-state index in [1.54, 1.807) is 11.3 Å². The van der Waals surface area contributed by atoms with E-state index in [4.69, 9.17) is 15.5 Å². The molecule has 106 valence electrons. The highest BCUT2D eigenvalue weighted by atomic mass is 32.1. The lowest BCUT2D eigenvalue weighted by molar-refractivity contribution is 0.328. The average molecular weight is 288 g/mol. The summed E-state index contributed by atoms with van der Waals surface area (Å²) in [6.45, 7) is 1.10. The van der Waals surface area contributed by atoms with E-state index in [9.17, 15) is 0 Å². The predicted octanol–water partition coefficient (Wildman–Crippen LogP) is 3.81. The summed E-state index contributed by atoms with van der Waals surface area (Å²) in [5.41, 5.74) is 7.67. The molecule has 1 aliphatic carbocycles. The van der Waals surface area contributed by atoms with Crippen LogP contribution in [0.2, 0.25) is 0 Å². The second-order valence-corrected chi connectivity index (χ2v) is 6.10. The Hall–Kier alpha value is -1.39. The monoisotopic (exact) mass is 288 g/mol. The van der Waals surface area contributed by atoms with Gasteiger partial charge in [0.25, 0.3) is 0 Å². The van der Waals surface area contributed by atoms with Crippen molar-refractivity contribution >= 4 is 11.3 Å². The lowest BCUT2D eigenvalue weighted by Crippen LogP contribution is -2.10. The van der Waals surface area contributed by atoms with Crippen molar-refractivity contribution in [2.75, 3.05) is 13.2 Å². The Balaban J connectivity index is 1.72. The Morgan fingerprint density at radius 2 is 1.95 bits per heavy atom. The molecule has 0 amide bonds. The molecular weight excluding hydrogens is 268 g/mol. The maximum absolute atomic E-state index is 5.49. The third-order valence-corrected chi connectivity index (χ3v) is 4.77. The smallest absolute Gasteiger partial charge is 0.119 e. The van der Waals surface area contributed by atoms with Gasteiger partial charge < -0.3 is 10.5 Å². The molecule has 3 nitrogen and oxygen atoms in total. The molecule has 0 unspecified atom stereocenters. The fourth-order valence-electron chi connectivity index (χ4n) is 2.68. The summed E-state index contributed by atoms with van der Waals surface area (Å²) in [7, 11) is 0. The first-order valence-electron chi connectivity index (χ1n) is 7.25. The first-order valence-corrected chi connectivity index (χ1v) is 8.13. The van der Waals surface area contributed by atoms with Gasteiger partial charge in [-0.25, -0.2) is 4.98 Å². The van der Waals surface area contributed by atoms with Gasteiger partial charge in [0.05, 0.1) is 10.7 Å². The maximum Gasteiger partial charge on any atom is 0.119 e. The summed E-state index contributed by atoms with van der Waals surface area (Å²) in [6.07, 6.45) is 5.32. The second kappa shape index (κ2) is 6.37. The Morgan fingerprint density at radius 3 is 2.65 bits per heavy atom. The number of nitrogens with two attached hydrogens (primary N) is 1. The average Bonchev–Trinajstić information content (AvgIpc) is 3.16. The fraction of sp³-hybridized carbons (Fsp3) is 0.438. The predicted molar refractivity (Wildman–Crippen MR) is 83.3 cm³/mol. The Bertz CT molecular complexity index is 544. The van der Waals surface area contributed by atoms with Gasteiger partial charge >= 0.3 is 0 Å². The van der Waals surface area contributed by atoms with Gasteiger partial charge in [0, 0.05) is 23.4 Å². The lowest BCUT2D eigenvalue weighted by atomic mass is 10.1. The minimum absolute atomic E-state index is 0.540. The fourth-order valence-corrected chi connectivity index (χ4v) is 3.68. The zero-order chi connectivity index (χ0) is 13.8. The zero-order valence-electron chi connectivity index (χ0n) is 11.5. The van der Waals surface area contributed by atoms with E-state index in [1.807, 2.05) is 12.1 Å². The standard InChI is InChI=1S/C16H20N2OS/c17-9-10-19-14-7-5-12(6-8-14)15-11-20-16(18-15)13-3-1-2-4-13/h5-8,11,13H,1-4,9-10,17H2. The lowest BCUT2D eigenvalue weighted by Gasteiger charge is -2.05. The molecule has 2 N–H and O–H groups in total. The SMILES string of the molecule is NCCOc1ccc(-c2csc(C3CCCC3)n2)cc1. The summed E-state index contributed by atoms with van der Waals surface area (Å²) in [5, 5.41) is 3.48. The minimum atomic E-state index is 0.540. The van der Waals surface area contributed by atoms with Crippen molar-refractivity contribution in [2.24, 2.45) is 5.73 Å². The van der Waals surface area contributed by atoms with E-state index in [0.29, 0.717) is 19.1 Å². The van der Waals surface area contributed by atoms with Crippen LogP contribution in [0.3, 0.4) is 0 Å². The Morgan fingerprint density at radius 1 is 1.20 bits per heavy atom. The molecule has 0 aliphatic heterocycles. The van der Waals surface area contributed by atoms with Crippen molar-refractivity contribution in [1.29, 1.82) is 0 Å². The van der Waals surface area contributed by atoms with Crippen LogP contribution in [0.5, 0.6) is 5.75 Å². The summed E-state index contributed by atoms with van der Waals surface area (Å²) in [6, 6.07) is 8.11. The number of rotatable bonds is 5. The number of aromatic nitrogens is 1. The van der Waals surface area contributed by atoms with Crippen LogP contribution in [0.4, 0.5) is 0 Å². The van der Waals surface area contributed by atoms with Crippen molar-refractivity contribution < 1.29 is 4.74 Å². The van der Waals surface area contributed by atoms with Gasteiger partial charge in [-0.1, -0.05) is 12.8 Å². The van der Waals surface area contributed by atoms with Crippen LogP contribution in [-0.2, 0) is 0 Å². The van der Waals surface area contributed by atoms with Crippen LogP contribution in [-0.4, -0.2) is 18.1 Å². The van der Waals surface area contributed by atoms with Crippen molar-refractivity contribution in [2.45, 2.75) is 31.6 Å². The van der Waals surface area contributed by atoms with Crippen LogP contribution in [0.25, 0.3) is 11.3 Å². The molecule has 3 rings (SSSR count). The number of hydrogen-bond donors (Lipinski definition) is 1. The van der Waals surface area contributed by atoms with E-state index < -0.39 is 0 Å². The Labute approximate surface area is 123 Å². The normalized spacial score (nSPS) is 15.7. The molecule has 0 saturated heterocycles. The molecule has 0 radical (unpaired) electrons. The molecule has 4 heteroatoms. The van der Waals surface area contributed by atoms with E-state index in [1.165, 1.54) is 30.7 Å². The van der Waals surface area contributed by atoms with E-state index in [0.717, 1.165) is 17.0 Å². The number of thiazole rings is 1. The summed E-state index contributed by atoms with van der Waals surface area (Å²) >= 11 is 1.80. The van der Waals surface area contributed by atoms with Crippen LogP contribution in [0.1, 0.15) is 36.6 Å². The van der Waals surface area contributed by atoms with Crippen LogP contribution in [0.15, 0.2) is 29.6 Å². The molecular formula is C16H20N2OS. The molecule has 0 bridgehead atoms. The van der Waals surface area contributed by atoms with Gasteiger partial charge in [-0.15, -0.1) is 11.3 Å². The van der Waals surface area contributed by atoms with Gasteiger partial charge in [0.15, 0.2) is 0 Å².